The lowest BCUT2D eigenvalue weighted by Gasteiger charge is -2.22. The largest absolute Gasteiger partial charge is 0.493 e. The summed E-state index contributed by atoms with van der Waals surface area (Å²) in [5.41, 5.74) is 2.26. The molecule has 6 nitrogen and oxygen atoms in total. The first-order valence-electron chi connectivity index (χ1n) is 10.2. The first kappa shape index (κ1) is 23.7. The molecule has 0 radical (unpaired) electrons. The zero-order valence-electron chi connectivity index (χ0n) is 18.4. The van der Waals surface area contributed by atoms with Gasteiger partial charge in [0.05, 0.1) is 20.8 Å². The second kappa shape index (κ2) is 12.9. The number of hydrogen-bond donors (Lipinski definition) is 1. The molecule has 0 aliphatic carbocycles. The lowest BCUT2D eigenvalue weighted by molar-refractivity contribution is 0.354. The lowest BCUT2D eigenvalue weighted by Crippen LogP contribution is -2.40. The molecule has 1 N–H and O–H groups in total. The van der Waals surface area contributed by atoms with Gasteiger partial charge < -0.3 is 19.7 Å². The third kappa shape index (κ3) is 7.71. The summed E-state index contributed by atoms with van der Waals surface area (Å²) in [5, 5.41) is 3.32. The van der Waals surface area contributed by atoms with Crippen LogP contribution in [0.4, 0.5) is 0 Å². The Morgan fingerprint density at radius 3 is 2.47 bits per heavy atom. The molecule has 0 aliphatic heterocycles. The third-order valence-electron chi connectivity index (χ3n) is 4.63. The van der Waals surface area contributed by atoms with Crippen molar-refractivity contribution in [1.82, 2.24) is 10.2 Å². The summed E-state index contributed by atoms with van der Waals surface area (Å²) in [6.45, 7) is 4.16. The fraction of sp³-hybridized carbons (Fsp3) is 0.435. The fourth-order valence-electron chi connectivity index (χ4n) is 2.99. The molecule has 0 saturated carbocycles. The fourth-order valence-corrected chi connectivity index (χ4v) is 4.00. The minimum atomic E-state index is -0.924. The molecule has 164 valence electrons. The van der Waals surface area contributed by atoms with Gasteiger partial charge in [0, 0.05) is 42.4 Å². The summed E-state index contributed by atoms with van der Waals surface area (Å²) in [4.78, 5) is 6.76. The average Bonchev–Trinajstić information content (AvgIpc) is 2.77. The Labute approximate surface area is 182 Å². The highest BCUT2D eigenvalue weighted by Gasteiger charge is 2.09. The normalized spacial score (nSPS) is 12.3. The Morgan fingerprint density at radius 2 is 1.80 bits per heavy atom. The van der Waals surface area contributed by atoms with Crippen molar-refractivity contribution in [2.75, 3.05) is 46.7 Å². The standard InChI is InChI=1S/C23H33N3O3S/c1-5-24-23(25-14-16-30(27)18-20-9-7-6-8-10-20)26(2)15-13-19-11-12-21(28-3)22(17-19)29-4/h6-12,17H,5,13-16,18H2,1-4H3,(H,24,25). The zero-order valence-corrected chi connectivity index (χ0v) is 19.2. The molecule has 2 rings (SSSR count). The monoisotopic (exact) mass is 431 g/mol. The molecule has 7 heteroatoms. The number of aliphatic imine (C=N–C) groups is 1. The minimum Gasteiger partial charge on any atom is -0.493 e. The smallest absolute Gasteiger partial charge is 0.193 e. The van der Waals surface area contributed by atoms with Crippen LogP contribution in [0.1, 0.15) is 18.1 Å². The quantitative estimate of drug-likeness (QED) is 0.438. The van der Waals surface area contributed by atoms with Crippen LogP contribution in [0.3, 0.4) is 0 Å². The summed E-state index contributed by atoms with van der Waals surface area (Å²) in [6.07, 6.45) is 0.848. The van der Waals surface area contributed by atoms with Gasteiger partial charge in [-0.1, -0.05) is 36.4 Å². The van der Waals surface area contributed by atoms with E-state index in [9.17, 15) is 4.21 Å². The van der Waals surface area contributed by atoms with E-state index in [0.717, 1.165) is 42.5 Å². The Hall–Kier alpha value is -2.54. The number of ether oxygens (including phenoxy) is 2. The van der Waals surface area contributed by atoms with E-state index in [2.05, 4.69) is 15.2 Å². The maximum absolute atomic E-state index is 12.3. The maximum Gasteiger partial charge on any atom is 0.193 e. The first-order valence-corrected chi connectivity index (χ1v) is 11.7. The van der Waals surface area contributed by atoms with Crippen LogP contribution in [-0.2, 0) is 23.0 Å². The van der Waals surface area contributed by atoms with Gasteiger partial charge >= 0.3 is 0 Å². The van der Waals surface area contributed by atoms with E-state index in [1.54, 1.807) is 14.2 Å². The molecule has 0 fully saturated rings. The van der Waals surface area contributed by atoms with Crippen molar-refractivity contribution in [2.45, 2.75) is 19.1 Å². The molecule has 1 atom stereocenters. The molecule has 0 heterocycles. The Bertz CT molecular complexity index is 828. The highest BCUT2D eigenvalue weighted by atomic mass is 32.2. The van der Waals surface area contributed by atoms with E-state index in [4.69, 9.17) is 9.47 Å². The van der Waals surface area contributed by atoms with Crippen LogP contribution in [0.2, 0.25) is 0 Å². The molecular weight excluding hydrogens is 398 g/mol. The van der Waals surface area contributed by atoms with E-state index in [1.165, 1.54) is 5.56 Å². The van der Waals surface area contributed by atoms with Crippen molar-refractivity contribution in [2.24, 2.45) is 4.99 Å². The van der Waals surface area contributed by atoms with Gasteiger partial charge in [0.2, 0.25) is 0 Å². The van der Waals surface area contributed by atoms with Gasteiger partial charge in [-0.3, -0.25) is 9.20 Å². The first-order chi connectivity index (χ1) is 14.6. The zero-order chi connectivity index (χ0) is 21.8. The molecule has 30 heavy (non-hydrogen) atoms. The summed E-state index contributed by atoms with van der Waals surface area (Å²) < 4.78 is 23.0. The summed E-state index contributed by atoms with van der Waals surface area (Å²) in [5.74, 6) is 3.41. The topological polar surface area (TPSA) is 63.2 Å². The van der Waals surface area contributed by atoms with Gasteiger partial charge in [-0.2, -0.15) is 0 Å². The Balaban J connectivity index is 1.88. The van der Waals surface area contributed by atoms with Crippen molar-refractivity contribution >= 4 is 16.8 Å². The van der Waals surface area contributed by atoms with Gasteiger partial charge in [0.1, 0.15) is 0 Å². The molecule has 0 spiro atoms. The highest BCUT2D eigenvalue weighted by molar-refractivity contribution is 7.84. The van der Waals surface area contributed by atoms with Gasteiger partial charge in [-0.15, -0.1) is 0 Å². The van der Waals surface area contributed by atoms with E-state index in [0.29, 0.717) is 18.1 Å². The predicted octanol–water partition coefficient (Wildman–Crippen LogP) is 3.09. The second-order valence-corrected chi connectivity index (χ2v) is 8.45. The van der Waals surface area contributed by atoms with Crippen molar-refractivity contribution < 1.29 is 13.7 Å². The van der Waals surface area contributed by atoms with Crippen LogP contribution in [0.25, 0.3) is 0 Å². The van der Waals surface area contributed by atoms with Crippen LogP contribution < -0.4 is 14.8 Å². The van der Waals surface area contributed by atoms with Gasteiger partial charge in [-0.05, 0) is 36.6 Å². The number of nitrogens with zero attached hydrogens (tertiary/aromatic N) is 2. The number of hydrogen-bond acceptors (Lipinski definition) is 4. The van der Waals surface area contributed by atoms with E-state index < -0.39 is 10.8 Å². The van der Waals surface area contributed by atoms with Crippen LogP contribution in [-0.4, -0.2) is 61.7 Å². The van der Waals surface area contributed by atoms with Crippen LogP contribution in [0, 0.1) is 0 Å². The number of benzene rings is 2. The summed E-state index contributed by atoms with van der Waals surface area (Å²) in [6, 6.07) is 15.9. The molecule has 0 bridgehead atoms. The van der Waals surface area contributed by atoms with Crippen LogP contribution >= 0.6 is 0 Å². The van der Waals surface area contributed by atoms with E-state index in [1.807, 2.05) is 62.5 Å². The van der Waals surface area contributed by atoms with E-state index >= 15 is 0 Å². The number of methoxy groups -OCH3 is 2. The molecule has 0 aromatic heterocycles. The molecule has 0 aliphatic rings. The number of guanidine groups is 1. The van der Waals surface area contributed by atoms with Crippen molar-refractivity contribution in [1.29, 1.82) is 0 Å². The molecule has 2 aromatic rings. The Kier molecular flexibility index (Phi) is 10.2. The molecular formula is C23H33N3O3S. The van der Waals surface area contributed by atoms with Crippen LogP contribution in [0.15, 0.2) is 53.5 Å². The Morgan fingerprint density at radius 1 is 1.07 bits per heavy atom. The van der Waals surface area contributed by atoms with Gasteiger partial charge in [0.15, 0.2) is 17.5 Å². The lowest BCUT2D eigenvalue weighted by atomic mass is 10.1. The highest BCUT2D eigenvalue weighted by Crippen LogP contribution is 2.27. The van der Waals surface area contributed by atoms with Gasteiger partial charge in [-0.25, -0.2) is 0 Å². The molecule has 2 aromatic carbocycles. The maximum atomic E-state index is 12.3. The summed E-state index contributed by atoms with van der Waals surface area (Å²) in [7, 11) is 4.37. The van der Waals surface area contributed by atoms with Crippen molar-refractivity contribution in [3.05, 3.63) is 59.7 Å². The molecule has 0 amide bonds. The average molecular weight is 432 g/mol. The second-order valence-electron chi connectivity index (χ2n) is 6.87. The number of likely N-dealkylation sites (N-methyl/N-ethyl adjacent to an activating group) is 1. The number of nitrogens with one attached hydrogen (secondary N) is 1. The summed E-state index contributed by atoms with van der Waals surface area (Å²) >= 11 is 0. The third-order valence-corrected chi connectivity index (χ3v) is 5.92. The van der Waals surface area contributed by atoms with E-state index in [-0.39, 0.29) is 0 Å². The van der Waals surface area contributed by atoms with Crippen molar-refractivity contribution in [3.8, 4) is 11.5 Å². The predicted molar refractivity (Wildman–Crippen MR) is 125 cm³/mol. The van der Waals surface area contributed by atoms with Crippen LogP contribution in [0.5, 0.6) is 11.5 Å². The SMILES string of the molecule is CCNC(=NCCS(=O)Cc1ccccc1)N(C)CCc1ccc(OC)c(OC)c1. The molecule has 1 unspecified atom stereocenters. The van der Waals surface area contributed by atoms with Gasteiger partial charge in [0.25, 0.3) is 0 Å². The number of rotatable bonds is 11. The molecule has 0 saturated heterocycles. The van der Waals surface area contributed by atoms with Crippen molar-refractivity contribution in [3.63, 3.8) is 0 Å². The minimum absolute atomic E-state index is 0.530.